The van der Waals surface area contributed by atoms with E-state index in [0.717, 1.165) is 4.70 Å². The van der Waals surface area contributed by atoms with Crippen LogP contribution in [0.3, 0.4) is 0 Å². The summed E-state index contributed by atoms with van der Waals surface area (Å²) in [5.74, 6) is -0.691. The smallest absolute Gasteiger partial charge is 0.264 e. The van der Waals surface area contributed by atoms with Crippen LogP contribution in [-0.4, -0.2) is 48.3 Å². The number of benzene rings is 1. The third-order valence-electron chi connectivity index (χ3n) is 3.55. The third-order valence-corrected chi connectivity index (χ3v) is 4.64. The van der Waals surface area contributed by atoms with Crippen LogP contribution in [0.1, 0.15) is 23.5 Å². The van der Waals surface area contributed by atoms with E-state index in [9.17, 15) is 14.0 Å². The molecule has 2 aromatic rings. The van der Waals surface area contributed by atoms with Crippen molar-refractivity contribution < 1.29 is 14.0 Å². The summed E-state index contributed by atoms with van der Waals surface area (Å²) in [6, 6.07) is 6.32. The molecule has 0 aliphatic rings. The van der Waals surface area contributed by atoms with Gasteiger partial charge in [0.2, 0.25) is 5.91 Å². The molecule has 2 rings (SSSR count). The summed E-state index contributed by atoms with van der Waals surface area (Å²) in [5, 5.41) is 0.444. The second-order valence-electron chi connectivity index (χ2n) is 4.99. The first-order valence-corrected chi connectivity index (χ1v) is 8.00. The first-order valence-electron chi connectivity index (χ1n) is 7.19. The summed E-state index contributed by atoms with van der Waals surface area (Å²) in [4.78, 5) is 27.9. The van der Waals surface area contributed by atoms with Crippen molar-refractivity contribution >= 4 is 33.2 Å². The van der Waals surface area contributed by atoms with Gasteiger partial charge in [0.15, 0.2) is 0 Å². The van der Waals surface area contributed by atoms with Gasteiger partial charge < -0.3 is 9.80 Å². The quantitative estimate of drug-likeness (QED) is 0.849. The lowest BCUT2D eigenvalue weighted by Gasteiger charge is -2.22. The minimum Gasteiger partial charge on any atom is -0.342 e. The fourth-order valence-corrected chi connectivity index (χ4v) is 3.34. The third kappa shape index (κ3) is 3.27. The van der Waals surface area contributed by atoms with Crippen molar-refractivity contribution in [2.75, 3.05) is 26.7 Å². The van der Waals surface area contributed by atoms with Crippen LogP contribution in [-0.2, 0) is 4.79 Å². The molecule has 0 aliphatic heterocycles. The monoisotopic (exact) mass is 322 g/mol. The lowest BCUT2D eigenvalue weighted by Crippen LogP contribution is -2.40. The van der Waals surface area contributed by atoms with Crippen molar-refractivity contribution in [3.63, 3.8) is 0 Å². The average molecular weight is 322 g/mol. The minimum atomic E-state index is -0.338. The molecule has 0 radical (unpaired) electrons. The lowest BCUT2D eigenvalue weighted by molar-refractivity contribution is -0.131. The van der Waals surface area contributed by atoms with Crippen LogP contribution in [0.2, 0.25) is 0 Å². The van der Waals surface area contributed by atoms with E-state index in [2.05, 4.69) is 0 Å². The Labute approximate surface area is 133 Å². The molecule has 0 saturated heterocycles. The number of hydrogen-bond acceptors (Lipinski definition) is 3. The fourth-order valence-electron chi connectivity index (χ4n) is 2.27. The number of rotatable bonds is 5. The number of nitrogens with zero attached hydrogens (tertiary/aromatic N) is 2. The summed E-state index contributed by atoms with van der Waals surface area (Å²) in [7, 11) is 1.59. The molecule has 22 heavy (non-hydrogen) atoms. The summed E-state index contributed by atoms with van der Waals surface area (Å²) < 4.78 is 14.4. The topological polar surface area (TPSA) is 40.6 Å². The minimum absolute atomic E-state index is 0.0250. The highest BCUT2D eigenvalue weighted by molar-refractivity contribution is 7.20. The second kappa shape index (κ2) is 6.87. The van der Waals surface area contributed by atoms with Crippen LogP contribution in [0.25, 0.3) is 10.1 Å². The molecule has 0 saturated carbocycles. The first-order chi connectivity index (χ1) is 10.5. The van der Waals surface area contributed by atoms with Crippen LogP contribution in [0.15, 0.2) is 24.3 Å². The Morgan fingerprint density at radius 1 is 1.23 bits per heavy atom. The van der Waals surface area contributed by atoms with E-state index in [1.165, 1.54) is 22.3 Å². The Bertz CT molecular complexity index is 695. The highest BCUT2D eigenvalue weighted by Gasteiger charge is 2.20. The van der Waals surface area contributed by atoms with Crippen molar-refractivity contribution in [1.29, 1.82) is 0 Å². The van der Waals surface area contributed by atoms with Gasteiger partial charge in [0.25, 0.3) is 5.91 Å². The highest BCUT2D eigenvalue weighted by atomic mass is 32.1. The lowest BCUT2D eigenvalue weighted by atomic mass is 10.2. The van der Waals surface area contributed by atoms with Crippen molar-refractivity contribution in [2.24, 2.45) is 0 Å². The van der Waals surface area contributed by atoms with E-state index in [0.29, 0.717) is 23.4 Å². The van der Waals surface area contributed by atoms with Crippen molar-refractivity contribution in [3.05, 3.63) is 35.0 Å². The molecular formula is C16H19FN2O2S. The van der Waals surface area contributed by atoms with E-state index in [1.54, 1.807) is 30.1 Å². The van der Waals surface area contributed by atoms with Gasteiger partial charge in [-0.2, -0.15) is 0 Å². The number of thiophene rings is 1. The van der Waals surface area contributed by atoms with Crippen LogP contribution in [0.5, 0.6) is 0 Å². The van der Waals surface area contributed by atoms with E-state index < -0.39 is 0 Å². The first kappa shape index (κ1) is 16.4. The molecular weight excluding hydrogens is 303 g/mol. The van der Waals surface area contributed by atoms with Gasteiger partial charge in [-0.1, -0.05) is 6.07 Å². The second-order valence-corrected chi connectivity index (χ2v) is 6.07. The van der Waals surface area contributed by atoms with Gasteiger partial charge in [-0.25, -0.2) is 4.39 Å². The number of carbonyl (C=O) groups is 2. The van der Waals surface area contributed by atoms with Crippen LogP contribution in [0, 0.1) is 5.82 Å². The summed E-state index contributed by atoms with van der Waals surface area (Å²) in [5.41, 5.74) is 0. The zero-order chi connectivity index (χ0) is 16.3. The number of fused-ring (bicyclic) bond motifs is 1. The van der Waals surface area contributed by atoms with Crippen molar-refractivity contribution in [1.82, 2.24) is 9.80 Å². The van der Waals surface area contributed by atoms with Gasteiger partial charge >= 0.3 is 0 Å². The molecule has 1 aromatic carbocycles. The summed E-state index contributed by atoms with van der Waals surface area (Å²) in [6.45, 7) is 5.06. The van der Waals surface area contributed by atoms with Gasteiger partial charge in [0.1, 0.15) is 5.82 Å². The Morgan fingerprint density at radius 3 is 2.50 bits per heavy atom. The molecule has 6 heteroatoms. The molecule has 0 unspecified atom stereocenters. The predicted molar refractivity (Wildman–Crippen MR) is 86.7 cm³/mol. The van der Waals surface area contributed by atoms with Crippen LogP contribution in [0.4, 0.5) is 4.39 Å². The molecule has 0 aliphatic carbocycles. The maximum Gasteiger partial charge on any atom is 0.264 e. The van der Waals surface area contributed by atoms with Crippen molar-refractivity contribution in [3.8, 4) is 0 Å². The molecule has 4 nitrogen and oxygen atoms in total. The molecule has 0 N–H and O–H groups in total. The number of likely N-dealkylation sites (N-methyl/N-ethyl adjacent to an activating group) is 2. The maximum atomic E-state index is 13.7. The summed E-state index contributed by atoms with van der Waals surface area (Å²) >= 11 is 1.24. The number of amides is 2. The SMILES string of the molecule is CCN(CC)C(=O)CN(C)C(=O)c1cc2c(F)cccc2s1. The molecule has 0 fully saturated rings. The Kier molecular flexibility index (Phi) is 5.13. The standard InChI is InChI=1S/C16H19FN2O2S/c1-4-19(5-2)15(20)10-18(3)16(21)14-9-11-12(17)7-6-8-13(11)22-14/h6-9H,4-5,10H2,1-3H3. The van der Waals surface area contributed by atoms with Crippen LogP contribution < -0.4 is 0 Å². The average Bonchev–Trinajstić information content (AvgIpc) is 2.93. The van der Waals surface area contributed by atoms with Crippen LogP contribution >= 0.6 is 11.3 Å². The highest BCUT2D eigenvalue weighted by Crippen LogP contribution is 2.28. The molecule has 2 amide bonds. The Morgan fingerprint density at radius 2 is 1.91 bits per heavy atom. The maximum absolute atomic E-state index is 13.7. The van der Waals surface area contributed by atoms with E-state index >= 15 is 0 Å². The van der Waals surface area contributed by atoms with Crippen molar-refractivity contribution in [2.45, 2.75) is 13.8 Å². The zero-order valence-electron chi connectivity index (χ0n) is 12.9. The molecule has 1 aromatic heterocycles. The molecule has 1 heterocycles. The van der Waals surface area contributed by atoms with E-state index in [-0.39, 0.29) is 24.2 Å². The molecule has 118 valence electrons. The van der Waals surface area contributed by atoms with Gasteiger partial charge in [0.05, 0.1) is 11.4 Å². The number of hydrogen-bond donors (Lipinski definition) is 0. The van der Waals surface area contributed by atoms with E-state index in [1.807, 2.05) is 13.8 Å². The molecule has 0 spiro atoms. The number of halogens is 1. The van der Waals surface area contributed by atoms with Gasteiger partial charge in [0, 0.05) is 30.2 Å². The van der Waals surface area contributed by atoms with Gasteiger partial charge in [-0.3, -0.25) is 9.59 Å². The van der Waals surface area contributed by atoms with Gasteiger partial charge in [-0.15, -0.1) is 11.3 Å². The van der Waals surface area contributed by atoms with E-state index in [4.69, 9.17) is 0 Å². The molecule has 0 atom stereocenters. The normalized spacial score (nSPS) is 10.7. The molecule has 0 bridgehead atoms. The number of carbonyl (C=O) groups excluding carboxylic acids is 2. The fraction of sp³-hybridized carbons (Fsp3) is 0.375. The summed E-state index contributed by atoms with van der Waals surface area (Å²) in [6.07, 6.45) is 0. The Hall–Kier alpha value is -1.95. The predicted octanol–water partition coefficient (Wildman–Crippen LogP) is 2.98. The van der Waals surface area contributed by atoms with Gasteiger partial charge in [-0.05, 0) is 32.0 Å². The Balaban J connectivity index is 2.15. The zero-order valence-corrected chi connectivity index (χ0v) is 13.7. The largest absolute Gasteiger partial charge is 0.342 e.